The van der Waals surface area contributed by atoms with Gasteiger partial charge in [-0.1, -0.05) is 229 Å². The third-order valence-electron chi connectivity index (χ3n) is 11.8. The van der Waals surface area contributed by atoms with E-state index < -0.39 is 0 Å². The molecule has 3 rings (SSSR count). The molecule has 0 aliphatic heterocycles. The minimum absolute atomic E-state index is 0.00605. The SMILES string of the molecule is CCCCCCCCCCCCCCCC(n1cc[n+](CCCCCCCCCCCCCCC)c1)C(C)(Cc1ccccc1)c1ccccc1. The van der Waals surface area contributed by atoms with E-state index in [0.717, 1.165) is 13.0 Å². The summed E-state index contributed by atoms with van der Waals surface area (Å²) in [5, 5.41) is 0. The maximum Gasteiger partial charge on any atom is 0.244 e. The Kier molecular flexibility index (Phi) is 23.8. The van der Waals surface area contributed by atoms with Gasteiger partial charge in [-0.2, -0.15) is 0 Å². The molecule has 2 nitrogen and oxygen atoms in total. The highest BCUT2D eigenvalue weighted by molar-refractivity contribution is 5.30. The van der Waals surface area contributed by atoms with Crippen LogP contribution in [0, 0.1) is 0 Å². The summed E-state index contributed by atoms with van der Waals surface area (Å²) in [4.78, 5) is 0. The van der Waals surface area contributed by atoms with Crippen LogP contribution in [0.1, 0.15) is 211 Å². The largest absolute Gasteiger partial charge is 0.244 e. The lowest BCUT2D eigenvalue weighted by Crippen LogP contribution is -2.38. The first-order valence-corrected chi connectivity index (χ1v) is 22.3. The molecular weight excluding hydrogens is 617 g/mol. The summed E-state index contributed by atoms with van der Waals surface area (Å²) in [6, 6.07) is 23.1. The number of hydrogen-bond acceptors (Lipinski definition) is 0. The zero-order valence-electron chi connectivity index (χ0n) is 34.0. The van der Waals surface area contributed by atoms with E-state index in [2.05, 4.69) is 109 Å². The van der Waals surface area contributed by atoms with Crippen LogP contribution < -0.4 is 4.57 Å². The van der Waals surface area contributed by atoms with Crippen molar-refractivity contribution in [3.63, 3.8) is 0 Å². The number of benzene rings is 2. The Morgan fingerprint density at radius 3 is 1.39 bits per heavy atom. The fourth-order valence-electron chi connectivity index (χ4n) is 8.44. The monoisotopic (exact) mass is 698 g/mol. The molecule has 0 aliphatic rings. The molecule has 1 heterocycles. The number of hydrogen-bond donors (Lipinski definition) is 0. The van der Waals surface area contributed by atoms with Gasteiger partial charge in [-0.15, -0.1) is 0 Å². The molecule has 286 valence electrons. The van der Waals surface area contributed by atoms with E-state index in [-0.39, 0.29) is 5.41 Å². The maximum absolute atomic E-state index is 2.60. The van der Waals surface area contributed by atoms with E-state index in [1.807, 2.05) is 0 Å². The highest BCUT2D eigenvalue weighted by Crippen LogP contribution is 2.41. The summed E-state index contributed by atoms with van der Waals surface area (Å²) in [7, 11) is 0. The van der Waals surface area contributed by atoms with Crippen molar-refractivity contribution in [1.29, 1.82) is 0 Å². The Balaban J connectivity index is 1.50. The van der Waals surface area contributed by atoms with E-state index in [4.69, 9.17) is 0 Å². The highest BCUT2D eigenvalue weighted by Gasteiger charge is 2.40. The fourth-order valence-corrected chi connectivity index (χ4v) is 8.44. The predicted octanol–water partition coefficient (Wildman–Crippen LogP) is 15.1. The first-order chi connectivity index (χ1) is 25.2. The highest BCUT2D eigenvalue weighted by atomic mass is 15.1. The molecule has 2 aromatic carbocycles. The van der Waals surface area contributed by atoms with Gasteiger partial charge in [0.2, 0.25) is 6.33 Å². The number of aromatic nitrogens is 2. The van der Waals surface area contributed by atoms with E-state index >= 15 is 0 Å². The van der Waals surface area contributed by atoms with Crippen molar-refractivity contribution in [2.24, 2.45) is 0 Å². The van der Waals surface area contributed by atoms with Crippen LogP contribution >= 0.6 is 0 Å². The average Bonchev–Trinajstić information content (AvgIpc) is 3.62. The molecule has 0 saturated carbocycles. The fraction of sp³-hybridized carbons (Fsp3) is 0.694. The molecule has 51 heavy (non-hydrogen) atoms. The van der Waals surface area contributed by atoms with Gasteiger partial charge in [-0.3, -0.25) is 0 Å². The summed E-state index contributed by atoms with van der Waals surface area (Å²) in [5.41, 5.74) is 2.91. The molecule has 2 atom stereocenters. The maximum atomic E-state index is 2.60. The second-order valence-corrected chi connectivity index (χ2v) is 16.3. The number of rotatable bonds is 33. The molecule has 1 aromatic heterocycles. The van der Waals surface area contributed by atoms with Crippen molar-refractivity contribution in [3.05, 3.63) is 90.5 Å². The van der Waals surface area contributed by atoms with E-state index in [0.29, 0.717) is 6.04 Å². The van der Waals surface area contributed by atoms with Crippen molar-refractivity contribution in [1.82, 2.24) is 4.57 Å². The summed E-state index contributed by atoms with van der Waals surface area (Å²) in [6.07, 6.45) is 46.1. The lowest BCUT2D eigenvalue weighted by Gasteiger charge is -2.37. The molecule has 0 fully saturated rings. The summed E-state index contributed by atoms with van der Waals surface area (Å²) < 4.78 is 5.07. The van der Waals surface area contributed by atoms with Gasteiger partial charge in [0.15, 0.2) is 0 Å². The minimum atomic E-state index is 0.00605. The molecule has 0 bridgehead atoms. The quantitative estimate of drug-likeness (QED) is 0.0442. The van der Waals surface area contributed by atoms with E-state index in [1.54, 1.807) is 0 Å². The first kappa shape index (κ1) is 43.1. The van der Waals surface area contributed by atoms with Crippen molar-refractivity contribution >= 4 is 0 Å². The minimum Gasteiger partial charge on any atom is -0.237 e. The third-order valence-corrected chi connectivity index (χ3v) is 11.8. The van der Waals surface area contributed by atoms with Gasteiger partial charge in [-0.25, -0.2) is 9.13 Å². The van der Waals surface area contributed by atoms with Crippen LogP contribution in [0.4, 0.5) is 0 Å². The first-order valence-electron chi connectivity index (χ1n) is 22.3. The molecule has 0 aliphatic carbocycles. The molecule has 3 aromatic rings. The molecule has 0 amide bonds. The number of aryl methyl sites for hydroxylation is 1. The predicted molar refractivity (Wildman–Crippen MR) is 224 cm³/mol. The smallest absolute Gasteiger partial charge is 0.237 e. The van der Waals surface area contributed by atoms with Crippen LogP contribution in [-0.2, 0) is 18.4 Å². The number of nitrogens with zero attached hydrogens (tertiary/aromatic N) is 2. The summed E-state index contributed by atoms with van der Waals surface area (Å²) in [5.74, 6) is 0. The second kappa shape index (κ2) is 28.2. The van der Waals surface area contributed by atoms with Crippen LogP contribution in [-0.4, -0.2) is 4.57 Å². The van der Waals surface area contributed by atoms with Gasteiger partial charge in [0.1, 0.15) is 18.4 Å². The van der Waals surface area contributed by atoms with Gasteiger partial charge in [0, 0.05) is 5.41 Å². The molecule has 0 saturated heterocycles. The Labute approximate surface area is 317 Å². The molecule has 0 radical (unpaired) electrons. The third kappa shape index (κ3) is 18.3. The van der Waals surface area contributed by atoms with E-state index in [1.165, 1.54) is 184 Å². The van der Waals surface area contributed by atoms with Gasteiger partial charge in [0.05, 0.1) is 6.54 Å². The normalized spacial score (nSPS) is 13.4. The van der Waals surface area contributed by atoms with Gasteiger partial charge >= 0.3 is 0 Å². The van der Waals surface area contributed by atoms with E-state index in [9.17, 15) is 0 Å². The van der Waals surface area contributed by atoms with Crippen LogP contribution in [0.3, 0.4) is 0 Å². The Bertz CT molecular complexity index is 1180. The van der Waals surface area contributed by atoms with Crippen molar-refractivity contribution in [2.45, 2.75) is 219 Å². The molecular formula is C49H81N2+. The van der Waals surface area contributed by atoms with Crippen LogP contribution in [0.15, 0.2) is 79.4 Å². The molecule has 0 spiro atoms. The Morgan fingerprint density at radius 1 is 0.510 bits per heavy atom. The van der Waals surface area contributed by atoms with Crippen molar-refractivity contribution < 1.29 is 4.57 Å². The zero-order chi connectivity index (χ0) is 36.1. The molecule has 2 unspecified atom stereocenters. The van der Waals surface area contributed by atoms with Crippen molar-refractivity contribution in [2.75, 3.05) is 0 Å². The van der Waals surface area contributed by atoms with Gasteiger partial charge in [0.25, 0.3) is 0 Å². The second-order valence-electron chi connectivity index (χ2n) is 16.3. The van der Waals surface area contributed by atoms with Crippen LogP contribution in [0.5, 0.6) is 0 Å². The summed E-state index contributed by atoms with van der Waals surface area (Å²) in [6.45, 7) is 8.29. The standard InChI is InChI=1S/C49H81N2/c1-4-6-8-10-12-14-16-18-20-22-24-26-34-40-48(49(3,47-38-32-29-33-39-47)44-46-36-30-28-31-37-46)51-43-42-50(45-51)41-35-27-25-23-21-19-17-15-13-11-9-7-5-2/h28-33,36-39,42-43,45,48H,4-27,34-35,40-41,44H2,1-3H3/q+1. The lowest BCUT2D eigenvalue weighted by molar-refractivity contribution is -0.697. The van der Waals surface area contributed by atoms with Crippen molar-refractivity contribution in [3.8, 4) is 0 Å². The molecule has 0 N–H and O–H groups in total. The topological polar surface area (TPSA) is 8.81 Å². The van der Waals surface area contributed by atoms with Crippen LogP contribution in [0.2, 0.25) is 0 Å². The van der Waals surface area contributed by atoms with Crippen LogP contribution in [0.25, 0.3) is 0 Å². The number of imidazole rings is 1. The average molecular weight is 698 g/mol. The van der Waals surface area contributed by atoms with Gasteiger partial charge < -0.3 is 0 Å². The number of unbranched alkanes of at least 4 members (excludes halogenated alkanes) is 24. The Hall–Kier alpha value is -2.35. The Morgan fingerprint density at radius 2 is 0.922 bits per heavy atom. The summed E-state index contributed by atoms with van der Waals surface area (Å²) >= 11 is 0. The zero-order valence-corrected chi connectivity index (χ0v) is 34.0. The molecule has 2 heteroatoms. The van der Waals surface area contributed by atoms with Gasteiger partial charge in [-0.05, 0) is 43.2 Å². The lowest BCUT2D eigenvalue weighted by atomic mass is 9.70.